The van der Waals surface area contributed by atoms with Gasteiger partial charge in [-0.2, -0.15) is 4.52 Å². The standard InChI is InChI=1S/C9H13N5O/c1-3-15-9-5-4-7-11-12-8(6-10-2)14(7)13-9/h4-5,10H,3,6H2,1-2H3. The molecule has 0 aliphatic carbocycles. The lowest BCUT2D eigenvalue weighted by molar-refractivity contribution is 0.321. The first-order valence-electron chi connectivity index (χ1n) is 4.84. The van der Waals surface area contributed by atoms with Crippen LogP contribution in [0.5, 0.6) is 5.88 Å². The average molecular weight is 207 g/mol. The highest BCUT2D eigenvalue weighted by molar-refractivity contribution is 5.37. The Kier molecular flexibility index (Phi) is 2.77. The molecule has 2 rings (SSSR count). The molecule has 0 aliphatic heterocycles. The second-order valence-electron chi connectivity index (χ2n) is 3.02. The molecule has 6 heteroatoms. The molecule has 15 heavy (non-hydrogen) atoms. The Morgan fingerprint density at radius 2 is 2.27 bits per heavy atom. The van der Waals surface area contributed by atoms with Crippen molar-refractivity contribution in [3.05, 3.63) is 18.0 Å². The number of fused-ring (bicyclic) bond motifs is 1. The zero-order chi connectivity index (χ0) is 10.7. The summed E-state index contributed by atoms with van der Waals surface area (Å²) < 4.78 is 6.99. The third-order valence-corrected chi connectivity index (χ3v) is 1.93. The van der Waals surface area contributed by atoms with Gasteiger partial charge in [0.1, 0.15) is 0 Å². The van der Waals surface area contributed by atoms with E-state index in [0.717, 1.165) is 11.5 Å². The average Bonchev–Trinajstić information content (AvgIpc) is 2.63. The summed E-state index contributed by atoms with van der Waals surface area (Å²) in [7, 11) is 1.85. The van der Waals surface area contributed by atoms with Gasteiger partial charge in [0, 0.05) is 6.07 Å². The summed E-state index contributed by atoms with van der Waals surface area (Å²) in [5.41, 5.74) is 0.726. The minimum absolute atomic E-state index is 0.585. The molecule has 6 nitrogen and oxygen atoms in total. The summed E-state index contributed by atoms with van der Waals surface area (Å²) in [6, 6.07) is 3.63. The van der Waals surface area contributed by atoms with Gasteiger partial charge in [-0.3, -0.25) is 0 Å². The van der Waals surface area contributed by atoms with Crippen LogP contribution in [-0.2, 0) is 6.54 Å². The Labute approximate surface area is 87.3 Å². The molecule has 0 saturated heterocycles. The second-order valence-corrected chi connectivity index (χ2v) is 3.02. The maximum Gasteiger partial charge on any atom is 0.231 e. The summed E-state index contributed by atoms with van der Waals surface area (Å²) in [6.07, 6.45) is 0. The predicted molar refractivity (Wildman–Crippen MR) is 54.7 cm³/mol. The van der Waals surface area contributed by atoms with Crippen molar-refractivity contribution in [3.8, 4) is 5.88 Å². The largest absolute Gasteiger partial charge is 0.477 e. The van der Waals surface area contributed by atoms with Crippen molar-refractivity contribution in [2.75, 3.05) is 13.7 Å². The third-order valence-electron chi connectivity index (χ3n) is 1.93. The summed E-state index contributed by atoms with van der Waals surface area (Å²) in [5.74, 6) is 1.36. The molecule has 0 aliphatic rings. The summed E-state index contributed by atoms with van der Waals surface area (Å²) >= 11 is 0. The zero-order valence-corrected chi connectivity index (χ0v) is 8.77. The number of nitrogens with zero attached hydrogens (tertiary/aromatic N) is 4. The molecule has 80 valence electrons. The van der Waals surface area contributed by atoms with Gasteiger partial charge in [0.15, 0.2) is 11.5 Å². The highest BCUT2D eigenvalue weighted by Gasteiger charge is 2.06. The fraction of sp³-hybridized carbons (Fsp3) is 0.444. The maximum atomic E-state index is 5.31. The number of ether oxygens (including phenoxy) is 1. The van der Waals surface area contributed by atoms with Crippen LogP contribution in [0.3, 0.4) is 0 Å². The number of nitrogens with one attached hydrogen (secondary N) is 1. The van der Waals surface area contributed by atoms with Gasteiger partial charge in [0.05, 0.1) is 13.2 Å². The van der Waals surface area contributed by atoms with Crippen molar-refractivity contribution in [1.82, 2.24) is 25.1 Å². The predicted octanol–water partition coefficient (Wildman–Crippen LogP) is 0.242. The van der Waals surface area contributed by atoms with Gasteiger partial charge in [-0.1, -0.05) is 0 Å². The van der Waals surface area contributed by atoms with Crippen molar-refractivity contribution in [2.45, 2.75) is 13.5 Å². The van der Waals surface area contributed by atoms with Crippen molar-refractivity contribution in [2.24, 2.45) is 0 Å². The lowest BCUT2D eigenvalue weighted by Gasteiger charge is -2.02. The van der Waals surface area contributed by atoms with E-state index in [1.165, 1.54) is 0 Å². The number of hydrogen-bond acceptors (Lipinski definition) is 5. The molecule has 0 aromatic carbocycles. The van der Waals surface area contributed by atoms with E-state index >= 15 is 0 Å². The van der Waals surface area contributed by atoms with Gasteiger partial charge >= 0.3 is 0 Å². The third kappa shape index (κ3) is 1.89. The fourth-order valence-electron chi connectivity index (χ4n) is 1.31. The van der Waals surface area contributed by atoms with E-state index in [4.69, 9.17) is 4.74 Å². The number of rotatable bonds is 4. The molecule has 2 heterocycles. The first-order valence-corrected chi connectivity index (χ1v) is 4.84. The molecule has 0 amide bonds. The molecular weight excluding hydrogens is 194 g/mol. The van der Waals surface area contributed by atoms with E-state index in [1.54, 1.807) is 10.6 Å². The van der Waals surface area contributed by atoms with E-state index in [1.807, 2.05) is 20.0 Å². The topological polar surface area (TPSA) is 64.3 Å². The molecule has 2 aromatic rings. The van der Waals surface area contributed by atoms with Crippen LogP contribution in [0.1, 0.15) is 12.7 Å². The van der Waals surface area contributed by atoms with Crippen molar-refractivity contribution in [1.29, 1.82) is 0 Å². The summed E-state index contributed by atoms with van der Waals surface area (Å²) in [4.78, 5) is 0. The molecule has 0 saturated carbocycles. The van der Waals surface area contributed by atoms with Gasteiger partial charge in [0.25, 0.3) is 0 Å². The first-order chi connectivity index (χ1) is 7.35. The van der Waals surface area contributed by atoms with E-state index in [2.05, 4.69) is 20.6 Å². The van der Waals surface area contributed by atoms with Crippen LogP contribution >= 0.6 is 0 Å². The van der Waals surface area contributed by atoms with Crippen LogP contribution in [-0.4, -0.2) is 33.5 Å². The molecule has 0 radical (unpaired) electrons. The van der Waals surface area contributed by atoms with Crippen LogP contribution < -0.4 is 10.1 Å². The van der Waals surface area contributed by atoms with E-state index in [9.17, 15) is 0 Å². The van der Waals surface area contributed by atoms with Crippen LogP contribution in [0, 0.1) is 0 Å². The number of hydrogen-bond donors (Lipinski definition) is 1. The van der Waals surface area contributed by atoms with Gasteiger partial charge in [-0.25, -0.2) is 0 Å². The minimum Gasteiger partial charge on any atom is -0.477 e. The van der Waals surface area contributed by atoms with Gasteiger partial charge in [-0.15, -0.1) is 15.3 Å². The monoisotopic (exact) mass is 207 g/mol. The van der Waals surface area contributed by atoms with Crippen LogP contribution in [0.25, 0.3) is 5.65 Å². The highest BCUT2D eigenvalue weighted by atomic mass is 16.5. The SMILES string of the molecule is CCOc1ccc2nnc(CNC)n2n1. The Bertz CT molecular complexity index is 453. The smallest absolute Gasteiger partial charge is 0.231 e. The van der Waals surface area contributed by atoms with E-state index < -0.39 is 0 Å². The second kappa shape index (κ2) is 4.22. The molecule has 0 atom stereocenters. The molecule has 0 fully saturated rings. The Hall–Kier alpha value is -1.69. The molecule has 0 bridgehead atoms. The lowest BCUT2D eigenvalue weighted by atomic mass is 10.5. The first kappa shape index (κ1) is 9.85. The molecule has 0 spiro atoms. The van der Waals surface area contributed by atoms with Crippen LogP contribution in [0.15, 0.2) is 12.1 Å². The molecular formula is C9H13N5O. The lowest BCUT2D eigenvalue weighted by Crippen LogP contribution is -2.10. The van der Waals surface area contributed by atoms with Crippen LogP contribution in [0.2, 0.25) is 0 Å². The van der Waals surface area contributed by atoms with Gasteiger partial charge < -0.3 is 10.1 Å². The quantitative estimate of drug-likeness (QED) is 0.778. The zero-order valence-electron chi connectivity index (χ0n) is 8.77. The van der Waals surface area contributed by atoms with Crippen molar-refractivity contribution in [3.63, 3.8) is 0 Å². The molecule has 2 aromatic heterocycles. The van der Waals surface area contributed by atoms with E-state index in [0.29, 0.717) is 19.0 Å². The Morgan fingerprint density at radius 1 is 1.40 bits per heavy atom. The summed E-state index contributed by atoms with van der Waals surface area (Å²) in [5, 5.41) is 15.3. The molecule has 1 N–H and O–H groups in total. The van der Waals surface area contributed by atoms with Gasteiger partial charge in [0.2, 0.25) is 5.88 Å². The van der Waals surface area contributed by atoms with Gasteiger partial charge in [-0.05, 0) is 20.0 Å². The molecule has 0 unspecified atom stereocenters. The van der Waals surface area contributed by atoms with Crippen molar-refractivity contribution < 1.29 is 4.74 Å². The van der Waals surface area contributed by atoms with E-state index in [-0.39, 0.29) is 0 Å². The van der Waals surface area contributed by atoms with Crippen molar-refractivity contribution >= 4 is 5.65 Å². The minimum atomic E-state index is 0.585. The Morgan fingerprint density at radius 3 is 3.00 bits per heavy atom. The highest BCUT2D eigenvalue weighted by Crippen LogP contribution is 2.08. The number of aromatic nitrogens is 4. The Balaban J connectivity index is 2.42. The normalized spacial score (nSPS) is 10.8. The van der Waals surface area contributed by atoms with Crippen LogP contribution in [0.4, 0.5) is 0 Å². The maximum absolute atomic E-state index is 5.31. The summed E-state index contributed by atoms with van der Waals surface area (Å²) in [6.45, 7) is 3.15. The fourth-order valence-corrected chi connectivity index (χ4v) is 1.31.